The number of hydrogen-bond donors (Lipinski definition) is 0. The van der Waals surface area contributed by atoms with Crippen molar-refractivity contribution in [2.24, 2.45) is 0 Å². The molecule has 0 radical (unpaired) electrons. The Morgan fingerprint density at radius 2 is 1.14 bits per heavy atom. The predicted molar refractivity (Wildman–Crippen MR) is 214 cm³/mol. The monoisotopic (exact) mass is 655 g/mol. The van der Waals surface area contributed by atoms with Gasteiger partial charge in [0, 0.05) is 45.3 Å². The van der Waals surface area contributed by atoms with Crippen LogP contribution in [0, 0.1) is 0 Å². The molecule has 11 rings (SSSR count). The molecule has 242 valence electrons. The molecule has 1 aliphatic rings. The summed E-state index contributed by atoms with van der Waals surface area (Å²) in [6.07, 6.45) is 0. The summed E-state index contributed by atoms with van der Waals surface area (Å²) in [5.74, 6) is 0. The van der Waals surface area contributed by atoms with Crippen LogP contribution in [0.1, 0.15) is 25.0 Å². The van der Waals surface area contributed by atoms with E-state index in [1.807, 2.05) is 12.1 Å². The van der Waals surface area contributed by atoms with Crippen LogP contribution in [0.3, 0.4) is 0 Å². The van der Waals surface area contributed by atoms with E-state index in [4.69, 9.17) is 8.83 Å². The van der Waals surface area contributed by atoms with Gasteiger partial charge >= 0.3 is 0 Å². The summed E-state index contributed by atoms with van der Waals surface area (Å²) in [5.41, 5.74) is 13.1. The number of benzene rings is 8. The van der Waals surface area contributed by atoms with E-state index < -0.39 is 0 Å². The van der Waals surface area contributed by atoms with Gasteiger partial charge in [-0.25, -0.2) is 0 Å². The molecule has 0 aliphatic heterocycles. The molecule has 0 unspecified atom stereocenters. The zero-order chi connectivity index (χ0) is 34.0. The normalized spacial score (nSPS) is 13.5. The van der Waals surface area contributed by atoms with Gasteiger partial charge in [-0.2, -0.15) is 0 Å². The van der Waals surface area contributed by atoms with Gasteiger partial charge in [-0.1, -0.05) is 129 Å². The van der Waals surface area contributed by atoms with Crippen LogP contribution in [0.2, 0.25) is 0 Å². The average molecular weight is 656 g/mol. The number of anilines is 2. The topological polar surface area (TPSA) is 29.5 Å². The van der Waals surface area contributed by atoms with Gasteiger partial charge in [-0.15, -0.1) is 0 Å². The first-order valence-electron chi connectivity index (χ1n) is 17.7. The summed E-state index contributed by atoms with van der Waals surface area (Å²) in [5, 5.41) is 9.52. The molecule has 0 N–H and O–H groups in total. The molecule has 0 atom stereocenters. The Morgan fingerprint density at radius 1 is 0.490 bits per heavy atom. The molecule has 2 aromatic heterocycles. The first-order chi connectivity index (χ1) is 25.0. The number of fused-ring (bicyclic) bond motifs is 14. The SMILES string of the molecule is CN(c1ccc2oc3c4c(c5ccccc5c3c2c1)C(C)(C)c1cccc(-c2cccc3ccccc23)c1-4)c1cccc2c1oc1ccccc12. The van der Waals surface area contributed by atoms with Crippen LogP contribution in [0.4, 0.5) is 11.4 Å². The molecule has 0 fully saturated rings. The van der Waals surface area contributed by atoms with E-state index in [1.165, 1.54) is 54.9 Å². The van der Waals surface area contributed by atoms with Gasteiger partial charge in [-0.3, -0.25) is 0 Å². The quantitative estimate of drug-likeness (QED) is 0.190. The molecule has 0 saturated carbocycles. The molecule has 0 amide bonds. The molecule has 0 spiro atoms. The van der Waals surface area contributed by atoms with Gasteiger partial charge in [-0.05, 0) is 79.7 Å². The van der Waals surface area contributed by atoms with Gasteiger partial charge in [0.05, 0.1) is 5.69 Å². The van der Waals surface area contributed by atoms with Crippen molar-refractivity contribution in [2.45, 2.75) is 19.3 Å². The van der Waals surface area contributed by atoms with Gasteiger partial charge in [0.25, 0.3) is 0 Å². The Morgan fingerprint density at radius 3 is 2.02 bits per heavy atom. The molecular formula is C48H33NO2. The largest absolute Gasteiger partial charge is 0.455 e. The molecule has 1 aliphatic carbocycles. The van der Waals surface area contributed by atoms with Crippen LogP contribution >= 0.6 is 0 Å². The zero-order valence-corrected chi connectivity index (χ0v) is 28.6. The summed E-state index contributed by atoms with van der Waals surface area (Å²) in [6.45, 7) is 4.74. The maximum atomic E-state index is 7.05. The van der Waals surface area contributed by atoms with Crippen LogP contribution < -0.4 is 4.90 Å². The lowest BCUT2D eigenvalue weighted by Gasteiger charge is -2.23. The van der Waals surface area contributed by atoms with E-state index in [0.717, 1.165) is 55.3 Å². The van der Waals surface area contributed by atoms with E-state index in [-0.39, 0.29) is 5.41 Å². The lowest BCUT2D eigenvalue weighted by atomic mass is 9.79. The first kappa shape index (κ1) is 28.5. The van der Waals surface area contributed by atoms with Crippen molar-refractivity contribution in [1.82, 2.24) is 0 Å². The number of furan rings is 2. The standard InChI is InChI=1S/C48H33NO2/c1-48(2)38-22-11-20-33(31-19-10-14-28-13-4-5-15-30(28)31)43(38)44-45(48)35-18-7-6-17-34(35)42-37-27-29(25-26-41(37)51-47(42)44)49(3)39-23-12-21-36-32-16-8-9-24-40(32)50-46(36)39/h4-27H,1-3H3. The molecule has 10 aromatic rings. The van der Waals surface area contributed by atoms with Gasteiger partial charge in [0.1, 0.15) is 16.7 Å². The minimum atomic E-state index is -0.228. The third-order valence-electron chi connectivity index (χ3n) is 11.4. The van der Waals surface area contributed by atoms with Crippen LogP contribution in [-0.2, 0) is 5.41 Å². The second-order valence-corrected chi connectivity index (χ2v) is 14.5. The number of rotatable bonds is 3. The maximum absolute atomic E-state index is 7.05. The van der Waals surface area contributed by atoms with Crippen LogP contribution in [0.5, 0.6) is 0 Å². The fraction of sp³-hybridized carbons (Fsp3) is 0.0833. The highest BCUT2D eigenvalue weighted by Gasteiger charge is 2.41. The van der Waals surface area contributed by atoms with E-state index in [2.05, 4.69) is 159 Å². The summed E-state index contributed by atoms with van der Waals surface area (Å²) in [4.78, 5) is 2.23. The lowest BCUT2D eigenvalue weighted by Crippen LogP contribution is -2.15. The van der Waals surface area contributed by atoms with E-state index in [1.54, 1.807) is 0 Å². The van der Waals surface area contributed by atoms with Crippen LogP contribution in [0.25, 0.3) is 87.7 Å². The summed E-state index contributed by atoms with van der Waals surface area (Å²) in [6, 6.07) is 52.3. The second-order valence-electron chi connectivity index (χ2n) is 14.5. The zero-order valence-electron chi connectivity index (χ0n) is 28.6. The van der Waals surface area contributed by atoms with Gasteiger partial charge in [0.2, 0.25) is 0 Å². The molecule has 8 aromatic carbocycles. The Labute approximate surface area is 294 Å². The van der Waals surface area contributed by atoms with Crippen LogP contribution in [-0.4, -0.2) is 7.05 Å². The Balaban J connectivity index is 1.20. The van der Waals surface area contributed by atoms with E-state index in [0.29, 0.717) is 0 Å². The highest BCUT2D eigenvalue weighted by Crippen LogP contribution is 2.58. The van der Waals surface area contributed by atoms with Crippen molar-refractivity contribution < 1.29 is 8.83 Å². The fourth-order valence-electron chi connectivity index (χ4n) is 9.09. The Bertz CT molecular complexity index is 3080. The summed E-state index contributed by atoms with van der Waals surface area (Å²) >= 11 is 0. The average Bonchev–Trinajstić information content (AvgIpc) is 3.82. The van der Waals surface area contributed by atoms with Crippen molar-refractivity contribution in [3.05, 3.63) is 157 Å². The smallest absolute Gasteiger partial charge is 0.159 e. The van der Waals surface area contributed by atoms with Crippen LogP contribution in [0.15, 0.2) is 154 Å². The maximum Gasteiger partial charge on any atom is 0.159 e. The lowest BCUT2D eigenvalue weighted by molar-refractivity contribution is 0.658. The van der Waals surface area contributed by atoms with Gasteiger partial charge in [0.15, 0.2) is 5.58 Å². The second kappa shape index (κ2) is 10.1. The molecule has 51 heavy (non-hydrogen) atoms. The number of nitrogens with zero attached hydrogens (tertiary/aromatic N) is 1. The van der Waals surface area contributed by atoms with Crippen molar-refractivity contribution >= 4 is 76.8 Å². The molecule has 0 saturated heterocycles. The molecule has 2 heterocycles. The first-order valence-corrected chi connectivity index (χ1v) is 17.7. The summed E-state index contributed by atoms with van der Waals surface area (Å²) < 4.78 is 13.5. The highest BCUT2D eigenvalue weighted by atomic mass is 16.3. The van der Waals surface area contributed by atoms with Crippen molar-refractivity contribution in [2.75, 3.05) is 11.9 Å². The predicted octanol–water partition coefficient (Wildman–Crippen LogP) is 13.5. The van der Waals surface area contributed by atoms with Gasteiger partial charge < -0.3 is 13.7 Å². The molecule has 0 bridgehead atoms. The number of para-hydroxylation sites is 2. The third kappa shape index (κ3) is 3.78. The molecule has 3 heteroatoms. The number of hydrogen-bond acceptors (Lipinski definition) is 3. The van der Waals surface area contributed by atoms with E-state index >= 15 is 0 Å². The molecule has 3 nitrogen and oxygen atoms in total. The van der Waals surface area contributed by atoms with Crippen molar-refractivity contribution in [3.63, 3.8) is 0 Å². The Kier molecular flexibility index (Phi) is 5.66. The van der Waals surface area contributed by atoms with Crippen molar-refractivity contribution in [1.29, 1.82) is 0 Å². The Hall–Kier alpha value is -6.32. The van der Waals surface area contributed by atoms with Crippen molar-refractivity contribution in [3.8, 4) is 22.3 Å². The fourth-order valence-corrected chi connectivity index (χ4v) is 9.09. The van der Waals surface area contributed by atoms with E-state index in [9.17, 15) is 0 Å². The summed E-state index contributed by atoms with van der Waals surface area (Å²) in [7, 11) is 2.12. The third-order valence-corrected chi connectivity index (χ3v) is 11.4. The molecular weight excluding hydrogens is 623 g/mol. The highest BCUT2D eigenvalue weighted by molar-refractivity contribution is 6.26. The minimum absolute atomic E-state index is 0.228. The minimum Gasteiger partial charge on any atom is -0.455 e.